The van der Waals surface area contributed by atoms with Crippen LogP contribution in [0.1, 0.15) is 53.4 Å². The maximum absolute atomic E-state index is 11.7. The van der Waals surface area contributed by atoms with Crippen molar-refractivity contribution in [1.82, 2.24) is 0 Å². The van der Waals surface area contributed by atoms with E-state index in [1.54, 1.807) is 6.92 Å². The SMILES string of the molecule is COC(=O)C(C)(O)C1(C)CCC(C(C)C)CC1. The highest BCUT2D eigenvalue weighted by Gasteiger charge is 2.51. The smallest absolute Gasteiger partial charge is 0.338 e. The van der Waals surface area contributed by atoms with Gasteiger partial charge < -0.3 is 9.84 Å². The number of hydrogen-bond acceptors (Lipinski definition) is 3. The van der Waals surface area contributed by atoms with Gasteiger partial charge in [-0.25, -0.2) is 4.79 Å². The largest absolute Gasteiger partial charge is 0.467 e. The van der Waals surface area contributed by atoms with Crippen LogP contribution in [0.25, 0.3) is 0 Å². The molecule has 17 heavy (non-hydrogen) atoms. The molecular weight excluding hydrogens is 216 g/mol. The molecule has 0 saturated heterocycles. The summed E-state index contributed by atoms with van der Waals surface area (Å²) in [5.41, 5.74) is -1.73. The summed E-state index contributed by atoms with van der Waals surface area (Å²) in [4.78, 5) is 11.7. The van der Waals surface area contributed by atoms with E-state index in [0.717, 1.165) is 31.6 Å². The first kappa shape index (κ1) is 14.5. The van der Waals surface area contributed by atoms with Crippen molar-refractivity contribution < 1.29 is 14.6 Å². The third-order valence-electron chi connectivity index (χ3n) is 4.83. The van der Waals surface area contributed by atoms with Crippen molar-refractivity contribution in [1.29, 1.82) is 0 Å². The normalized spacial score (nSPS) is 33.2. The van der Waals surface area contributed by atoms with Crippen molar-refractivity contribution in [3.8, 4) is 0 Å². The third-order valence-corrected chi connectivity index (χ3v) is 4.83. The van der Waals surface area contributed by atoms with E-state index in [4.69, 9.17) is 4.74 Å². The summed E-state index contributed by atoms with van der Waals surface area (Å²) >= 11 is 0. The number of esters is 1. The number of rotatable bonds is 3. The van der Waals surface area contributed by atoms with Gasteiger partial charge in [-0.05, 0) is 44.4 Å². The zero-order chi connectivity index (χ0) is 13.3. The molecule has 1 unspecified atom stereocenters. The van der Waals surface area contributed by atoms with E-state index in [0.29, 0.717) is 5.92 Å². The van der Waals surface area contributed by atoms with Crippen LogP contribution in [0.5, 0.6) is 0 Å². The Labute approximate surface area is 105 Å². The highest BCUT2D eigenvalue weighted by molar-refractivity contribution is 5.79. The number of aliphatic hydroxyl groups is 1. The fourth-order valence-corrected chi connectivity index (χ4v) is 2.88. The monoisotopic (exact) mass is 242 g/mol. The van der Waals surface area contributed by atoms with Gasteiger partial charge in [0.25, 0.3) is 0 Å². The lowest BCUT2D eigenvalue weighted by Crippen LogP contribution is -2.52. The van der Waals surface area contributed by atoms with Gasteiger partial charge in [0.05, 0.1) is 7.11 Å². The molecule has 0 radical (unpaired) electrons. The molecule has 0 bridgehead atoms. The summed E-state index contributed by atoms with van der Waals surface area (Å²) in [7, 11) is 1.33. The summed E-state index contributed by atoms with van der Waals surface area (Å²) in [6, 6.07) is 0. The standard InChI is InChI=1S/C14H26O3/c1-10(2)11-6-8-13(3,9-7-11)14(4,16)12(15)17-5/h10-11,16H,6-9H2,1-5H3. The molecule has 1 aliphatic carbocycles. The molecule has 1 rings (SSSR count). The topological polar surface area (TPSA) is 46.5 Å². The number of carbonyl (C=O) groups is 1. The maximum atomic E-state index is 11.7. The van der Waals surface area contributed by atoms with Crippen molar-refractivity contribution in [2.24, 2.45) is 17.3 Å². The minimum absolute atomic E-state index is 0.356. The molecule has 1 saturated carbocycles. The van der Waals surface area contributed by atoms with Gasteiger partial charge in [0.1, 0.15) is 0 Å². The highest BCUT2D eigenvalue weighted by Crippen LogP contribution is 2.48. The van der Waals surface area contributed by atoms with Gasteiger partial charge >= 0.3 is 5.97 Å². The second-order valence-corrected chi connectivity index (χ2v) is 6.21. The third kappa shape index (κ3) is 2.65. The van der Waals surface area contributed by atoms with Crippen molar-refractivity contribution in [3.63, 3.8) is 0 Å². The number of methoxy groups -OCH3 is 1. The number of carbonyl (C=O) groups excluding carboxylic acids is 1. The Bertz CT molecular complexity index is 273. The van der Waals surface area contributed by atoms with Gasteiger partial charge in [0.15, 0.2) is 5.60 Å². The summed E-state index contributed by atoms with van der Waals surface area (Å²) in [5.74, 6) is 0.891. The molecule has 100 valence electrons. The van der Waals surface area contributed by atoms with Crippen LogP contribution in [0.15, 0.2) is 0 Å². The Hall–Kier alpha value is -0.570. The van der Waals surface area contributed by atoms with Crippen molar-refractivity contribution in [2.75, 3.05) is 7.11 Å². The van der Waals surface area contributed by atoms with Crippen LogP contribution in [0, 0.1) is 17.3 Å². The molecule has 0 aromatic carbocycles. The molecule has 1 N–H and O–H groups in total. The number of ether oxygens (including phenoxy) is 1. The molecule has 1 fully saturated rings. The average molecular weight is 242 g/mol. The predicted octanol–water partition coefficient (Wildman–Crippen LogP) is 2.76. The molecule has 3 nitrogen and oxygen atoms in total. The summed E-state index contributed by atoms with van der Waals surface area (Å²) < 4.78 is 4.72. The fraction of sp³-hybridized carbons (Fsp3) is 0.929. The lowest BCUT2D eigenvalue weighted by atomic mass is 9.61. The van der Waals surface area contributed by atoms with E-state index in [9.17, 15) is 9.90 Å². The molecule has 1 atom stereocenters. The predicted molar refractivity (Wildman–Crippen MR) is 67.5 cm³/mol. The Morgan fingerprint density at radius 2 is 1.88 bits per heavy atom. The second-order valence-electron chi connectivity index (χ2n) is 6.21. The van der Waals surface area contributed by atoms with Crippen LogP contribution in [0.3, 0.4) is 0 Å². The minimum atomic E-state index is -1.37. The molecule has 0 aromatic heterocycles. The van der Waals surface area contributed by atoms with Crippen molar-refractivity contribution in [2.45, 2.75) is 59.0 Å². The van der Waals surface area contributed by atoms with Gasteiger partial charge in [-0.1, -0.05) is 20.8 Å². The van der Waals surface area contributed by atoms with Crippen LogP contribution in [-0.4, -0.2) is 23.8 Å². The van der Waals surface area contributed by atoms with Gasteiger partial charge in [-0.2, -0.15) is 0 Å². The van der Waals surface area contributed by atoms with Crippen LogP contribution < -0.4 is 0 Å². The second kappa shape index (κ2) is 4.97. The molecule has 0 amide bonds. The van der Waals surface area contributed by atoms with Crippen molar-refractivity contribution in [3.05, 3.63) is 0 Å². The molecular formula is C14H26O3. The first-order valence-corrected chi connectivity index (χ1v) is 6.55. The quantitative estimate of drug-likeness (QED) is 0.774. The van der Waals surface area contributed by atoms with Gasteiger partial charge in [-0.15, -0.1) is 0 Å². The van der Waals surface area contributed by atoms with Crippen LogP contribution in [0.2, 0.25) is 0 Å². The van der Waals surface area contributed by atoms with Gasteiger partial charge in [0, 0.05) is 5.41 Å². The minimum Gasteiger partial charge on any atom is -0.467 e. The first-order chi connectivity index (χ1) is 7.74. The van der Waals surface area contributed by atoms with E-state index in [1.807, 2.05) is 6.92 Å². The van der Waals surface area contributed by atoms with Crippen LogP contribution >= 0.6 is 0 Å². The Kier molecular flexibility index (Phi) is 4.23. The zero-order valence-corrected chi connectivity index (χ0v) is 11.7. The van der Waals surface area contributed by atoms with E-state index < -0.39 is 11.6 Å². The lowest BCUT2D eigenvalue weighted by Gasteiger charge is -2.46. The van der Waals surface area contributed by atoms with Gasteiger partial charge in [-0.3, -0.25) is 0 Å². The molecule has 0 aromatic rings. The highest BCUT2D eigenvalue weighted by atomic mass is 16.5. The lowest BCUT2D eigenvalue weighted by molar-refractivity contribution is -0.179. The Balaban J connectivity index is 2.75. The van der Waals surface area contributed by atoms with Gasteiger partial charge in [0.2, 0.25) is 0 Å². The molecule has 1 aliphatic rings. The molecule has 0 spiro atoms. The van der Waals surface area contributed by atoms with E-state index in [1.165, 1.54) is 7.11 Å². The molecule has 0 aliphatic heterocycles. The first-order valence-electron chi connectivity index (χ1n) is 6.55. The Morgan fingerprint density at radius 1 is 1.41 bits per heavy atom. The summed E-state index contributed by atoms with van der Waals surface area (Å²) in [6.07, 6.45) is 3.94. The van der Waals surface area contributed by atoms with Crippen LogP contribution in [0.4, 0.5) is 0 Å². The van der Waals surface area contributed by atoms with E-state index in [-0.39, 0.29) is 5.41 Å². The fourth-order valence-electron chi connectivity index (χ4n) is 2.88. The number of hydrogen-bond donors (Lipinski definition) is 1. The maximum Gasteiger partial charge on any atom is 0.338 e. The zero-order valence-electron chi connectivity index (χ0n) is 11.7. The van der Waals surface area contributed by atoms with Crippen LogP contribution in [-0.2, 0) is 9.53 Å². The Morgan fingerprint density at radius 3 is 2.24 bits per heavy atom. The van der Waals surface area contributed by atoms with E-state index in [2.05, 4.69) is 13.8 Å². The molecule has 0 heterocycles. The summed E-state index contributed by atoms with van der Waals surface area (Å²) in [5, 5.41) is 10.4. The molecule has 3 heteroatoms. The van der Waals surface area contributed by atoms with Crippen molar-refractivity contribution >= 4 is 5.97 Å². The summed E-state index contributed by atoms with van der Waals surface area (Å²) in [6.45, 7) is 8.08. The van der Waals surface area contributed by atoms with E-state index >= 15 is 0 Å². The average Bonchev–Trinajstić information content (AvgIpc) is 2.28.